The summed E-state index contributed by atoms with van der Waals surface area (Å²) in [5.74, 6) is 0.285. The van der Waals surface area contributed by atoms with Crippen molar-refractivity contribution in [2.24, 2.45) is 0 Å². The lowest BCUT2D eigenvalue weighted by Gasteiger charge is -2.34. The molecule has 1 aromatic rings. The Hall–Kier alpha value is -0.710. The summed E-state index contributed by atoms with van der Waals surface area (Å²) in [5.41, 5.74) is 0. The van der Waals surface area contributed by atoms with Crippen molar-refractivity contribution in [1.82, 2.24) is 9.80 Å². The number of thiophene rings is 1. The number of Topliss-reactive ketones (excluding diaryl/α,β-unsaturated/α-hetero) is 1. The van der Waals surface area contributed by atoms with Gasteiger partial charge in [0.1, 0.15) is 0 Å². The first-order valence-corrected chi connectivity index (χ1v) is 7.92. The molecule has 2 heterocycles. The molecule has 3 nitrogen and oxygen atoms in total. The van der Waals surface area contributed by atoms with Gasteiger partial charge in [0.2, 0.25) is 0 Å². The first-order chi connectivity index (χ1) is 9.10. The van der Waals surface area contributed by atoms with Gasteiger partial charge in [0.05, 0.1) is 11.4 Å². The van der Waals surface area contributed by atoms with Gasteiger partial charge in [-0.15, -0.1) is 11.3 Å². The molecule has 0 N–H and O–H groups in total. The van der Waals surface area contributed by atoms with Gasteiger partial charge in [-0.25, -0.2) is 0 Å². The molecule has 4 heteroatoms. The lowest BCUT2D eigenvalue weighted by molar-refractivity contribution is 0.0878. The number of carbonyl (C=O) groups is 1. The predicted molar refractivity (Wildman–Crippen MR) is 81.2 cm³/mol. The van der Waals surface area contributed by atoms with E-state index in [1.807, 2.05) is 6.07 Å². The van der Waals surface area contributed by atoms with E-state index in [-0.39, 0.29) is 5.78 Å². The second-order valence-electron chi connectivity index (χ2n) is 5.51. The van der Waals surface area contributed by atoms with Gasteiger partial charge in [0.25, 0.3) is 0 Å². The molecule has 0 saturated carbocycles. The van der Waals surface area contributed by atoms with Crippen LogP contribution in [0.3, 0.4) is 0 Å². The van der Waals surface area contributed by atoms with Gasteiger partial charge in [-0.1, -0.05) is 6.92 Å². The van der Waals surface area contributed by atoms with Crippen LogP contribution in [0.15, 0.2) is 12.1 Å². The summed E-state index contributed by atoms with van der Waals surface area (Å²) >= 11 is 1.65. The van der Waals surface area contributed by atoms with E-state index >= 15 is 0 Å². The summed E-state index contributed by atoms with van der Waals surface area (Å²) < 4.78 is 0. The van der Waals surface area contributed by atoms with Crippen LogP contribution < -0.4 is 0 Å². The maximum absolute atomic E-state index is 12.2. The summed E-state index contributed by atoms with van der Waals surface area (Å²) in [6.45, 7) is 4.80. The van der Waals surface area contributed by atoms with Crippen LogP contribution in [0.5, 0.6) is 0 Å². The van der Waals surface area contributed by atoms with Crippen molar-refractivity contribution < 1.29 is 4.79 Å². The van der Waals surface area contributed by atoms with Crippen LogP contribution >= 0.6 is 11.3 Å². The number of aryl methyl sites for hydroxylation is 1. The molecule has 0 spiro atoms. The Morgan fingerprint density at radius 3 is 2.58 bits per heavy atom. The highest BCUT2D eigenvalue weighted by atomic mass is 32.1. The number of hydrogen-bond acceptors (Lipinski definition) is 4. The average molecular weight is 280 g/mol. The van der Waals surface area contributed by atoms with Gasteiger partial charge in [0.15, 0.2) is 5.78 Å². The van der Waals surface area contributed by atoms with E-state index in [0.29, 0.717) is 12.6 Å². The van der Waals surface area contributed by atoms with Crippen LogP contribution in [0, 0.1) is 0 Å². The highest BCUT2D eigenvalue weighted by Crippen LogP contribution is 2.19. The zero-order valence-electron chi connectivity index (χ0n) is 12.2. The van der Waals surface area contributed by atoms with Gasteiger partial charge in [0, 0.05) is 24.0 Å². The minimum absolute atomic E-state index is 0.285. The normalized spacial score (nSPS) is 18.1. The molecule has 1 aliphatic rings. The van der Waals surface area contributed by atoms with E-state index in [1.165, 1.54) is 17.7 Å². The fourth-order valence-corrected chi connectivity index (χ4v) is 3.47. The first-order valence-electron chi connectivity index (χ1n) is 7.11. The Morgan fingerprint density at radius 1 is 1.37 bits per heavy atom. The Balaban J connectivity index is 1.83. The van der Waals surface area contributed by atoms with Crippen molar-refractivity contribution in [3.05, 3.63) is 21.9 Å². The lowest BCUT2D eigenvalue weighted by atomic mass is 10.0. The zero-order chi connectivity index (χ0) is 13.8. The van der Waals surface area contributed by atoms with E-state index in [1.54, 1.807) is 11.3 Å². The first kappa shape index (κ1) is 14.7. The molecule has 1 aromatic heterocycles. The molecular formula is C15H24N2OS. The standard InChI is InChI=1S/C15H24N2OS/c1-4-13-5-6-15(19-13)14(18)11-17-9-7-12(8-10-17)16(2)3/h5-6,12H,4,7-11H2,1-3H3. The number of hydrogen-bond donors (Lipinski definition) is 0. The second kappa shape index (κ2) is 6.64. The van der Waals surface area contributed by atoms with Crippen molar-refractivity contribution in [3.8, 4) is 0 Å². The Kier molecular flexibility index (Phi) is 5.13. The summed E-state index contributed by atoms with van der Waals surface area (Å²) in [6, 6.07) is 4.74. The highest BCUT2D eigenvalue weighted by Gasteiger charge is 2.22. The molecule has 19 heavy (non-hydrogen) atoms. The smallest absolute Gasteiger partial charge is 0.186 e. The molecule has 0 unspecified atom stereocenters. The van der Waals surface area contributed by atoms with Crippen molar-refractivity contribution in [2.75, 3.05) is 33.7 Å². The monoisotopic (exact) mass is 280 g/mol. The maximum Gasteiger partial charge on any atom is 0.186 e. The molecule has 0 atom stereocenters. The molecule has 1 saturated heterocycles. The molecular weight excluding hydrogens is 256 g/mol. The molecule has 0 aromatic carbocycles. The minimum atomic E-state index is 0.285. The fraction of sp³-hybridized carbons (Fsp3) is 0.667. The average Bonchev–Trinajstić information content (AvgIpc) is 2.88. The van der Waals surface area contributed by atoms with E-state index in [0.717, 1.165) is 24.4 Å². The highest BCUT2D eigenvalue weighted by molar-refractivity contribution is 7.14. The zero-order valence-corrected chi connectivity index (χ0v) is 13.0. The fourth-order valence-electron chi connectivity index (χ4n) is 2.59. The Morgan fingerprint density at radius 2 is 2.05 bits per heavy atom. The van der Waals surface area contributed by atoms with Crippen molar-refractivity contribution in [1.29, 1.82) is 0 Å². The van der Waals surface area contributed by atoms with Gasteiger partial charge >= 0.3 is 0 Å². The predicted octanol–water partition coefficient (Wildman–Crippen LogP) is 2.52. The van der Waals surface area contributed by atoms with Gasteiger partial charge in [-0.05, 0) is 45.5 Å². The van der Waals surface area contributed by atoms with Crippen LogP contribution in [-0.4, -0.2) is 55.4 Å². The summed E-state index contributed by atoms with van der Waals surface area (Å²) in [4.78, 5) is 19.0. The Labute approximate surface area is 120 Å². The molecule has 2 rings (SSSR count). The summed E-state index contributed by atoms with van der Waals surface area (Å²) in [7, 11) is 4.28. The largest absolute Gasteiger partial charge is 0.306 e. The van der Waals surface area contributed by atoms with E-state index < -0.39 is 0 Å². The van der Waals surface area contributed by atoms with Gasteiger partial charge in [-0.3, -0.25) is 9.69 Å². The molecule has 0 amide bonds. The number of piperidine rings is 1. The SMILES string of the molecule is CCc1ccc(C(=O)CN2CCC(N(C)C)CC2)s1. The lowest BCUT2D eigenvalue weighted by Crippen LogP contribution is -2.43. The number of ketones is 1. The Bertz CT molecular complexity index is 420. The van der Waals surface area contributed by atoms with Crippen LogP contribution in [0.2, 0.25) is 0 Å². The van der Waals surface area contributed by atoms with Crippen molar-refractivity contribution in [3.63, 3.8) is 0 Å². The van der Waals surface area contributed by atoms with Crippen LogP contribution in [0.4, 0.5) is 0 Å². The van der Waals surface area contributed by atoms with Crippen molar-refractivity contribution in [2.45, 2.75) is 32.2 Å². The number of carbonyl (C=O) groups excluding carboxylic acids is 1. The molecule has 1 fully saturated rings. The summed E-state index contributed by atoms with van der Waals surface area (Å²) in [5, 5.41) is 0. The minimum Gasteiger partial charge on any atom is -0.306 e. The maximum atomic E-state index is 12.2. The molecule has 0 bridgehead atoms. The van der Waals surface area contributed by atoms with Gasteiger partial charge < -0.3 is 4.90 Å². The van der Waals surface area contributed by atoms with Gasteiger partial charge in [-0.2, -0.15) is 0 Å². The second-order valence-corrected chi connectivity index (χ2v) is 6.68. The molecule has 0 aliphatic carbocycles. The summed E-state index contributed by atoms with van der Waals surface area (Å²) in [6.07, 6.45) is 3.36. The van der Waals surface area contributed by atoms with Crippen LogP contribution in [0.25, 0.3) is 0 Å². The molecule has 1 aliphatic heterocycles. The third-order valence-corrected chi connectivity index (χ3v) is 5.21. The third kappa shape index (κ3) is 3.88. The van der Waals surface area contributed by atoms with Crippen LogP contribution in [0.1, 0.15) is 34.3 Å². The number of likely N-dealkylation sites (tertiary alicyclic amines) is 1. The molecule has 0 radical (unpaired) electrons. The number of rotatable bonds is 5. The third-order valence-electron chi connectivity index (χ3n) is 3.94. The van der Waals surface area contributed by atoms with Crippen LogP contribution in [-0.2, 0) is 6.42 Å². The van der Waals surface area contributed by atoms with E-state index in [2.05, 4.69) is 36.9 Å². The molecule has 106 valence electrons. The van der Waals surface area contributed by atoms with E-state index in [4.69, 9.17) is 0 Å². The quantitative estimate of drug-likeness (QED) is 0.774. The topological polar surface area (TPSA) is 23.6 Å². The van der Waals surface area contributed by atoms with Crippen molar-refractivity contribution >= 4 is 17.1 Å². The number of nitrogens with zero attached hydrogens (tertiary/aromatic N) is 2. The van der Waals surface area contributed by atoms with E-state index in [9.17, 15) is 4.79 Å².